The van der Waals surface area contributed by atoms with Gasteiger partial charge in [0.25, 0.3) is 20.1 Å². The normalized spacial score (nSPS) is 14.0. The average molecular weight is 954 g/mol. The molecule has 0 fully saturated rings. The number of H-pyrrole nitrogens is 1. The van der Waals surface area contributed by atoms with Crippen molar-refractivity contribution < 1.29 is 23.5 Å². The Bertz CT molecular complexity index is 3170. The predicted molar refractivity (Wildman–Crippen MR) is 288 cm³/mol. The quantitative estimate of drug-likeness (QED) is 0.0526. The molecule has 1 atom stereocenters. The molecule has 0 radical (unpaired) electrons. The van der Waals surface area contributed by atoms with Crippen LogP contribution in [-0.4, -0.2) is 67.6 Å². The van der Waals surface area contributed by atoms with E-state index in [1.807, 2.05) is 73.1 Å². The lowest BCUT2D eigenvalue weighted by Gasteiger charge is -2.43. The van der Waals surface area contributed by atoms with Gasteiger partial charge in [-0.3, -0.25) is 14.5 Å². The highest BCUT2D eigenvalue weighted by molar-refractivity contribution is 6.99. The van der Waals surface area contributed by atoms with Gasteiger partial charge in [0.15, 0.2) is 0 Å². The third-order valence-corrected chi connectivity index (χ3v) is 19.1. The summed E-state index contributed by atoms with van der Waals surface area (Å²) in [6, 6.07) is 68.7. The molecule has 1 N–H and O–H groups in total. The van der Waals surface area contributed by atoms with E-state index in [0.29, 0.717) is 48.5 Å². The van der Waals surface area contributed by atoms with E-state index >= 15 is 0 Å². The number of likely N-dealkylation sites (N-methyl/N-ethyl adjacent to an activating group) is 1. The zero-order valence-corrected chi connectivity index (χ0v) is 41.8. The predicted octanol–water partition coefficient (Wildman–Crippen LogP) is 11.4. The van der Waals surface area contributed by atoms with Gasteiger partial charge in [0, 0.05) is 65.5 Å². The number of aromatic amines is 1. The Balaban J connectivity index is 1.01. The molecule has 0 bridgehead atoms. The Hall–Kier alpha value is -7.40. The summed E-state index contributed by atoms with van der Waals surface area (Å²) in [4.78, 5) is 32.7. The van der Waals surface area contributed by atoms with Gasteiger partial charge in [-0.25, -0.2) is 0 Å². The minimum atomic E-state index is -2.88. The van der Waals surface area contributed by atoms with Gasteiger partial charge in [0.05, 0.1) is 30.5 Å². The average Bonchev–Trinajstić information content (AvgIpc) is 4.07. The molecule has 0 saturated carbocycles. The van der Waals surface area contributed by atoms with Gasteiger partial charge >= 0.3 is 0 Å². The number of aromatic nitrogens is 2. The summed E-state index contributed by atoms with van der Waals surface area (Å²) < 4.78 is 24.2. The van der Waals surface area contributed by atoms with Crippen LogP contribution < -0.4 is 10.4 Å². The number of imide groups is 1. The zero-order chi connectivity index (χ0) is 49.0. The van der Waals surface area contributed by atoms with Gasteiger partial charge in [-0.05, 0) is 50.7 Å². The number of fused-ring (bicyclic) bond motifs is 2. The number of hydrogen-bond donors (Lipinski definition) is 1. The first-order valence-corrected chi connectivity index (χ1v) is 26.4. The Labute approximate surface area is 417 Å². The van der Waals surface area contributed by atoms with Gasteiger partial charge in [-0.2, -0.15) is 0 Å². The van der Waals surface area contributed by atoms with Crippen molar-refractivity contribution in [3.05, 3.63) is 240 Å². The van der Waals surface area contributed by atoms with E-state index in [-0.39, 0.29) is 23.5 Å². The van der Waals surface area contributed by atoms with Crippen LogP contribution in [0.1, 0.15) is 55.0 Å². The summed E-state index contributed by atoms with van der Waals surface area (Å²) in [5.74, 6) is -0.651. The van der Waals surface area contributed by atoms with Crippen molar-refractivity contribution in [2.24, 2.45) is 0 Å². The Morgan fingerprint density at radius 3 is 1.59 bits per heavy atom. The van der Waals surface area contributed by atoms with Crippen molar-refractivity contribution in [1.82, 2.24) is 14.5 Å². The van der Waals surface area contributed by atoms with Gasteiger partial charge in [-0.15, -0.1) is 0 Å². The number of hydrogen-bond acceptors (Lipinski definition) is 5. The molecule has 0 spiro atoms. The molecule has 0 aliphatic carbocycles. The summed E-state index contributed by atoms with van der Waals surface area (Å²) in [5.41, 5.74) is 6.12. The lowest BCUT2D eigenvalue weighted by molar-refractivity contribution is -0.134. The standard InChI is InChI=1S/C62H59N3O5Si/c1-61(2,3)71(49-30-16-8-17-31-49,50-32-18-9-19-33-50)70-40-38-48(44-69-62(45-24-10-5-11-25-45,46-26-12-6-13-27-46)47-28-14-7-15-29-47)68-41-39-65-43-54(52-35-21-23-37-56(52)65)58-57(59(66)64(4)60(58)67)53-42-63-55-36-22-20-34-51(53)55/h5-37,42-43,48,63H,38-41,44H2,1-4H3. The van der Waals surface area contributed by atoms with E-state index in [2.05, 4.69) is 170 Å². The highest BCUT2D eigenvalue weighted by Crippen LogP contribution is 2.43. The van der Waals surface area contributed by atoms with E-state index in [4.69, 9.17) is 13.9 Å². The molecule has 1 aliphatic rings. The molecule has 2 aromatic heterocycles. The third-order valence-electron chi connectivity index (χ3n) is 14.1. The smallest absolute Gasteiger partial charge is 0.261 e. The van der Waals surface area contributed by atoms with Crippen LogP contribution in [0, 0.1) is 0 Å². The van der Waals surface area contributed by atoms with E-state index in [9.17, 15) is 9.59 Å². The number of ether oxygens (including phenoxy) is 2. The first-order valence-electron chi connectivity index (χ1n) is 24.5. The molecule has 7 aromatic carbocycles. The number of carbonyl (C=O) groups excluding carboxylic acids is 2. The largest absolute Gasteiger partial charge is 0.407 e. The lowest BCUT2D eigenvalue weighted by Crippen LogP contribution is -2.66. The van der Waals surface area contributed by atoms with Gasteiger partial charge < -0.3 is 23.5 Å². The first kappa shape index (κ1) is 47.3. The zero-order valence-electron chi connectivity index (χ0n) is 40.8. The van der Waals surface area contributed by atoms with Crippen LogP contribution in [0.15, 0.2) is 213 Å². The fourth-order valence-electron chi connectivity index (χ4n) is 10.7. The van der Waals surface area contributed by atoms with Crippen LogP contribution in [0.4, 0.5) is 0 Å². The topological polar surface area (TPSA) is 85.8 Å². The number of carbonyl (C=O) groups is 2. The van der Waals surface area contributed by atoms with Crippen molar-refractivity contribution in [1.29, 1.82) is 0 Å². The minimum absolute atomic E-state index is 0.206. The van der Waals surface area contributed by atoms with E-state index < -0.39 is 20.0 Å². The Morgan fingerprint density at radius 1 is 0.563 bits per heavy atom. The molecule has 8 nitrogen and oxygen atoms in total. The second kappa shape index (κ2) is 20.1. The van der Waals surface area contributed by atoms with E-state index in [0.717, 1.165) is 38.5 Å². The van der Waals surface area contributed by atoms with Gasteiger partial charge in [0.2, 0.25) is 0 Å². The maximum Gasteiger partial charge on any atom is 0.261 e. The number of nitrogens with one attached hydrogen (secondary N) is 1. The molecule has 0 saturated heterocycles. The first-order chi connectivity index (χ1) is 34.6. The third kappa shape index (κ3) is 8.80. The highest BCUT2D eigenvalue weighted by atomic mass is 28.4. The van der Waals surface area contributed by atoms with Gasteiger partial charge in [0.1, 0.15) is 5.60 Å². The summed E-state index contributed by atoms with van der Waals surface area (Å²) in [6.07, 6.45) is 3.99. The minimum Gasteiger partial charge on any atom is -0.407 e. The van der Waals surface area contributed by atoms with Crippen LogP contribution in [-0.2, 0) is 35.6 Å². The van der Waals surface area contributed by atoms with Crippen LogP contribution in [0.3, 0.4) is 0 Å². The fourth-order valence-corrected chi connectivity index (χ4v) is 15.3. The van der Waals surface area contributed by atoms with Crippen molar-refractivity contribution >= 4 is 63.5 Å². The van der Waals surface area contributed by atoms with Crippen LogP contribution >= 0.6 is 0 Å². The summed E-state index contributed by atoms with van der Waals surface area (Å²) in [6.45, 7) is 8.39. The molecule has 10 rings (SSSR count). The second-order valence-electron chi connectivity index (χ2n) is 19.3. The molecule has 3 heterocycles. The molecule has 71 heavy (non-hydrogen) atoms. The molecular formula is C62H59N3O5Si. The molecule has 1 aliphatic heterocycles. The number of benzene rings is 7. The molecule has 9 aromatic rings. The lowest BCUT2D eigenvalue weighted by atomic mass is 9.80. The Morgan fingerprint density at radius 2 is 1.04 bits per heavy atom. The molecule has 2 amide bonds. The van der Waals surface area contributed by atoms with Gasteiger partial charge in [-0.1, -0.05) is 209 Å². The number of rotatable bonds is 18. The van der Waals surface area contributed by atoms with Crippen molar-refractivity contribution in [3.8, 4) is 0 Å². The summed E-state index contributed by atoms with van der Waals surface area (Å²) in [5, 5.41) is 4.00. The molecule has 1 unspecified atom stereocenters. The SMILES string of the molecule is CN1C(=O)C(c2c[nH]c3ccccc23)=C(c2cn(CCOC(CCO[Si](c3ccccc3)(c3ccccc3)C(C)(C)C)COC(c3ccccc3)(c3ccccc3)c3ccccc3)c3ccccc23)C1=O. The van der Waals surface area contributed by atoms with Crippen molar-refractivity contribution in [2.45, 2.75) is 50.5 Å². The molecular weight excluding hydrogens is 895 g/mol. The monoisotopic (exact) mass is 953 g/mol. The fraction of sp³-hybridized carbons (Fsp3) is 0.194. The second-order valence-corrected chi connectivity index (χ2v) is 23.6. The van der Waals surface area contributed by atoms with Crippen LogP contribution in [0.5, 0.6) is 0 Å². The van der Waals surface area contributed by atoms with Crippen LogP contribution in [0.25, 0.3) is 33.0 Å². The summed E-state index contributed by atoms with van der Waals surface area (Å²) in [7, 11) is -1.32. The van der Waals surface area contributed by atoms with E-state index in [1.165, 1.54) is 15.3 Å². The Kier molecular flexibility index (Phi) is 13.4. The molecule has 356 valence electrons. The summed E-state index contributed by atoms with van der Waals surface area (Å²) >= 11 is 0. The van der Waals surface area contributed by atoms with Crippen molar-refractivity contribution in [3.63, 3.8) is 0 Å². The maximum atomic E-state index is 14.2. The number of amides is 2. The number of para-hydroxylation sites is 2. The number of nitrogens with zero attached hydrogens (tertiary/aromatic N) is 2. The highest BCUT2D eigenvalue weighted by Gasteiger charge is 2.50. The van der Waals surface area contributed by atoms with E-state index in [1.54, 1.807) is 7.05 Å². The molecule has 9 heteroatoms. The van der Waals surface area contributed by atoms with Crippen molar-refractivity contribution in [2.75, 3.05) is 26.9 Å². The maximum absolute atomic E-state index is 14.2. The van der Waals surface area contributed by atoms with Crippen LogP contribution in [0.2, 0.25) is 5.04 Å².